The molecular formula is C17H13N3O. The molecule has 2 aromatic carbocycles. The molecule has 102 valence electrons. The third-order valence-corrected chi connectivity index (χ3v) is 3.87. The van der Waals surface area contributed by atoms with Crippen molar-refractivity contribution >= 4 is 5.78 Å². The Labute approximate surface area is 122 Å². The second kappa shape index (κ2) is 4.66. The molecule has 1 aliphatic rings. The van der Waals surface area contributed by atoms with E-state index in [1.807, 2.05) is 47.1 Å². The van der Waals surface area contributed by atoms with Crippen molar-refractivity contribution < 1.29 is 4.79 Å². The molecule has 0 bridgehead atoms. The van der Waals surface area contributed by atoms with E-state index in [0.717, 1.165) is 34.5 Å². The molecule has 0 spiro atoms. The summed E-state index contributed by atoms with van der Waals surface area (Å²) >= 11 is 0. The number of carbonyl (C=O) groups is 1. The summed E-state index contributed by atoms with van der Waals surface area (Å²) in [5.41, 5.74) is 4.93. The Hall–Kier alpha value is -2.75. The summed E-state index contributed by atoms with van der Waals surface area (Å²) in [5, 5.41) is 8.20. The lowest BCUT2D eigenvalue weighted by Gasteiger charge is -2.07. The van der Waals surface area contributed by atoms with Crippen molar-refractivity contribution in [2.75, 3.05) is 0 Å². The smallest absolute Gasteiger partial charge is 0.163 e. The Kier molecular flexibility index (Phi) is 2.67. The number of aryl methyl sites for hydroxylation is 1. The topological polar surface area (TPSA) is 47.8 Å². The Morgan fingerprint density at radius 3 is 2.71 bits per heavy atom. The van der Waals surface area contributed by atoms with Gasteiger partial charge in [-0.25, -0.2) is 4.68 Å². The molecular weight excluding hydrogens is 262 g/mol. The molecule has 0 saturated carbocycles. The summed E-state index contributed by atoms with van der Waals surface area (Å²) in [6.45, 7) is 0. The van der Waals surface area contributed by atoms with Crippen LogP contribution in [0.15, 0.2) is 54.7 Å². The highest BCUT2D eigenvalue weighted by atomic mass is 16.1. The largest absolute Gasteiger partial charge is 0.294 e. The lowest BCUT2D eigenvalue weighted by atomic mass is 10.0. The maximum Gasteiger partial charge on any atom is 0.163 e. The van der Waals surface area contributed by atoms with Crippen LogP contribution < -0.4 is 0 Å². The number of hydrogen-bond donors (Lipinski definition) is 0. The van der Waals surface area contributed by atoms with Crippen molar-refractivity contribution in [1.29, 1.82) is 0 Å². The van der Waals surface area contributed by atoms with Crippen LogP contribution in [0.3, 0.4) is 0 Å². The van der Waals surface area contributed by atoms with E-state index in [0.29, 0.717) is 6.42 Å². The van der Waals surface area contributed by atoms with Crippen LogP contribution in [0.1, 0.15) is 22.3 Å². The zero-order valence-electron chi connectivity index (χ0n) is 11.4. The van der Waals surface area contributed by atoms with Gasteiger partial charge in [-0.1, -0.05) is 35.5 Å². The van der Waals surface area contributed by atoms with Gasteiger partial charge in [0.1, 0.15) is 0 Å². The Balaban J connectivity index is 1.82. The fourth-order valence-electron chi connectivity index (χ4n) is 2.81. The Morgan fingerprint density at radius 1 is 1.00 bits per heavy atom. The average Bonchev–Trinajstić information content (AvgIpc) is 3.15. The van der Waals surface area contributed by atoms with Gasteiger partial charge in [-0.15, -0.1) is 5.10 Å². The maximum absolute atomic E-state index is 11.7. The van der Waals surface area contributed by atoms with Gasteiger partial charge < -0.3 is 0 Å². The molecule has 0 unspecified atom stereocenters. The van der Waals surface area contributed by atoms with Crippen LogP contribution >= 0.6 is 0 Å². The number of benzene rings is 2. The fraction of sp³-hybridized carbons (Fsp3) is 0.118. The van der Waals surface area contributed by atoms with Crippen LogP contribution in [0.2, 0.25) is 0 Å². The summed E-state index contributed by atoms with van der Waals surface area (Å²) in [6, 6.07) is 15.9. The summed E-state index contributed by atoms with van der Waals surface area (Å²) in [6.07, 6.45) is 3.20. The summed E-state index contributed by atoms with van der Waals surface area (Å²) in [7, 11) is 0. The van der Waals surface area contributed by atoms with Gasteiger partial charge in [-0.3, -0.25) is 4.79 Å². The van der Waals surface area contributed by atoms with E-state index in [9.17, 15) is 4.79 Å². The average molecular weight is 275 g/mol. The normalized spacial score (nSPS) is 13.4. The van der Waals surface area contributed by atoms with Crippen molar-refractivity contribution in [1.82, 2.24) is 15.0 Å². The van der Waals surface area contributed by atoms with Gasteiger partial charge in [0.05, 0.1) is 17.6 Å². The van der Waals surface area contributed by atoms with Gasteiger partial charge in [0.15, 0.2) is 5.78 Å². The third-order valence-electron chi connectivity index (χ3n) is 3.87. The van der Waals surface area contributed by atoms with Gasteiger partial charge in [0.25, 0.3) is 0 Å². The van der Waals surface area contributed by atoms with E-state index in [2.05, 4.69) is 16.4 Å². The molecule has 0 N–H and O–H groups in total. The minimum atomic E-state index is 0.242. The maximum atomic E-state index is 11.7. The van der Waals surface area contributed by atoms with Crippen LogP contribution in [-0.2, 0) is 6.42 Å². The molecule has 21 heavy (non-hydrogen) atoms. The number of fused-ring (bicyclic) bond motifs is 1. The number of aromatic nitrogens is 3. The second-order valence-corrected chi connectivity index (χ2v) is 5.16. The molecule has 4 rings (SSSR count). The SMILES string of the molecule is O=C1CCc2cc(-c3cnnn3-c3ccccc3)ccc21. The van der Waals surface area contributed by atoms with Crippen LogP contribution in [0, 0.1) is 0 Å². The third kappa shape index (κ3) is 1.96. The first-order valence-electron chi connectivity index (χ1n) is 6.95. The van der Waals surface area contributed by atoms with Crippen LogP contribution in [0.25, 0.3) is 16.9 Å². The molecule has 3 aromatic rings. The van der Waals surface area contributed by atoms with Gasteiger partial charge in [0.2, 0.25) is 0 Å². The Bertz CT molecular complexity index is 821. The lowest BCUT2D eigenvalue weighted by Crippen LogP contribution is -1.99. The van der Waals surface area contributed by atoms with Crippen LogP contribution in [0.5, 0.6) is 0 Å². The highest BCUT2D eigenvalue weighted by Gasteiger charge is 2.20. The quantitative estimate of drug-likeness (QED) is 0.722. The van der Waals surface area contributed by atoms with Crippen LogP contribution in [0.4, 0.5) is 0 Å². The molecule has 0 amide bonds. The number of Topliss-reactive ketones (excluding diaryl/α,β-unsaturated/α-hetero) is 1. The zero-order valence-corrected chi connectivity index (χ0v) is 11.4. The first kappa shape index (κ1) is 12.0. The zero-order chi connectivity index (χ0) is 14.2. The van der Waals surface area contributed by atoms with E-state index < -0.39 is 0 Å². The summed E-state index contributed by atoms with van der Waals surface area (Å²) < 4.78 is 1.82. The first-order valence-corrected chi connectivity index (χ1v) is 6.95. The highest BCUT2D eigenvalue weighted by Crippen LogP contribution is 2.28. The number of carbonyl (C=O) groups excluding carboxylic acids is 1. The molecule has 1 aromatic heterocycles. The van der Waals surface area contributed by atoms with Gasteiger partial charge in [-0.05, 0) is 30.2 Å². The van der Waals surface area contributed by atoms with E-state index in [1.165, 1.54) is 0 Å². The van der Waals surface area contributed by atoms with E-state index >= 15 is 0 Å². The number of para-hydroxylation sites is 1. The molecule has 0 atom stereocenters. The minimum absolute atomic E-state index is 0.242. The Morgan fingerprint density at radius 2 is 1.86 bits per heavy atom. The predicted octanol–water partition coefficient (Wildman–Crippen LogP) is 3.06. The summed E-state index contributed by atoms with van der Waals surface area (Å²) in [4.78, 5) is 11.7. The van der Waals surface area contributed by atoms with E-state index in [-0.39, 0.29) is 5.78 Å². The van der Waals surface area contributed by atoms with Crippen molar-refractivity contribution in [2.24, 2.45) is 0 Å². The first-order chi connectivity index (χ1) is 10.3. The number of rotatable bonds is 2. The number of nitrogens with zero attached hydrogens (tertiary/aromatic N) is 3. The number of hydrogen-bond acceptors (Lipinski definition) is 3. The van der Waals surface area contributed by atoms with Crippen molar-refractivity contribution in [3.63, 3.8) is 0 Å². The van der Waals surface area contributed by atoms with Gasteiger partial charge in [0, 0.05) is 17.5 Å². The second-order valence-electron chi connectivity index (χ2n) is 5.16. The molecule has 1 heterocycles. The lowest BCUT2D eigenvalue weighted by molar-refractivity contribution is 0.0994. The molecule has 0 fully saturated rings. The molecule has 0 saturated heterocycles. The molecule has 1 aliphatic carbocycles. The minimum Gasteiger partial charge on any atom is -0.294 e. The summed E-state index contributed by atoms with van der Waals surface area (Å²) in [5.74, 6) is 0.242. The van der Waals surface area contributed by atoms with Crippen molar-refractivity contribution in [2.45, 2.75) is 12.8 Å². The predicted molar refractivity (Wildman–Crippen MR) is 79.4 cm³/mol. The van der Waals surface area contributed by atoms with E-state index in [1.54, 1.807) is 6.20 Å². The standard InChI is InChI=1S/C17H13N3O/c21-17-9-7-12-10-13(6-8-15(12)17)16-11-18-19-20(16)14-4-2-1-3-5-14/h1-6,8,10-11H,7,9H2. The van der Waals surface area contributed by atoms with E-state index in [4.69, 9.17) is 0 Å². The van der Waals surface area contributed by atoms with Gasteiger partial charge >= 0.3 is 0 Å². The molecule has 4 heteroatoms. The van der Waals surface area contributed by atoms with Crippen LogP contribution in [-0.4, -0.2) is 20.8 Å². The van der Waals surface area contributed by atoms with Gasteiger partial charge in [-0.2, -0.15) is 0 Å². The van der Waals surface area contributed by atoms with Crippen molar-refractivity contribution in [3.05, 3.63) is 65.9 Å². The number of ketones is 1. The fourth-order valence-corrected chi connectivity index (χ4v) is 2.81. The highest BCUT2D eigenvalue weighted by molar-refractivity contribution is 6.00. The molecule has 0 radical (unpaired) electrons. The monoisotopic (exact) mass is 275 g/mol. The molecule has 4 nitrogen and oxygen atoms in total. The molecule has 0 aliphatic heterocycles. The van der Waals surface area contributed by atoms with Crippen molar-refractivity contribution in [3.8, 4) is 16.9 Å².